The number of phenols is 1. The van der Waals surface area contributed by atoms with Crippen molar-refractivity contribution in [2.45, 2.75) is 26.7 Å². The van der Waals surface area contributed by atoms with Crippen LogP contribution in [-0.2, 0) is 0 Å². The number of phenolic OH excluding ortho intramolecular Hbond substituents is 1. The second kappa shape index (κ2) is 5.59. The molecule has 5 heteroatoms. The highest BCUT2D eigenvalue weighted by Crippen LogP contribution is 2.49. The molecule has 0 saturated heterocycles. The van der Waals surface area contributed by atoms with E-state index >= 15 is 0 Å². The minimum atomic E-state index is -0.424. The number of carbonyl (C=O) groups excluding carboxylic acids is 2. The van der Waals surface area contributed by atoms with Crippen LogP contribution >= 0.6 is 0 Å². The molecule has 0 amide bonds. The second-order valence-corrected chi connectivity index (χ2v) is 7.31. The number of ketones is 2. The van der Waals surface area contributed by atoms with Gasteiger partial charge >= 0.3 is 0 Å². The molecule has 134 valence electrons. The molecule has 2 atom stereocenters. The lowest BCUT2D eigenvalue weighted by Crippen LogP contribution is -2.39. The predicted molar refractivity (Wildman–Crippen MR) is 99.8 cm³/mol. The molecule has 0 spiro atoms. The average molecular weight is 351 g/mol. The first kappa shape index (κ1) is 16.6. The van der Waals surface area contributed by atoms with Crippen molar-refractivity contribution >= 4 is 28.0 Å². The molecule has 2 aromatic rings. The van der Waals surface area contributed by atoms with E-state index in [2.05, 4.69) is 0 Å². The summed E-state index contributed by atoms with van der Waals surface area (Å²) in [6, 6.07) is 5.13. The quantitative estimate of drug-likeness (QED) is 0.462. The van der Waals surface area contributed by atoms with E-state index in [4.69, 9.17) is 10.5 Å². The van der Waals surface area contributed by atoms with Crippen molar-refractivity contribution in [2.75, 3.05) is 12.8 Å². The number of nitrogens with two attached hydrogens (primary N) is 1. The minimum Gasteiger partial charge on any atom is -0.507 e. The summed E-state index contributed by atoms with van der Waals surface area (Å²) in [5, 5.41) is 11.7. The van der Waals surface area contributed by atoms with E-state index < -0.39 is 11.8 Å². The monoisotopic (exact) mass is 351 g/mol. The number of allylic oxidation sites excluding steroid dienone is 2. The van der Waals surface area contributed by atoms with Gasteiger partial charge in [-0.1, -0.05) is 23.3 Å². The van der Waals surface area contributed by atoms with Crippen molar-refractivity contribution in [3.8, 4) is 11.5 Å². The van der Waals surface area contributed by atoms with E-state index in [1.807, 2.05) is 13.8 Å². The molecular formula is C21H21NO4. The molecule has 2 aromatic carbocycles. The van der Waals surface area contributed by atoms with E-state index in [9.17, 15) is 14.7 Å². The van der Waals surface area contributed by atoms with Gasteiger partial charge in [-0.15, -0.1) is 0 Å². The van der Waals surface area contributed by atoms with Crippen LogP contribution in [0.15, 0.2) is 29.3 Å². The Morgan fingerprint density at radius 2 is 1.62 bits per heavy atom. The van der Waals surface area contributed by atoms with Gasteiger partial charge in [0.05, 0.1) is 29.3 Å². The second-order valence-electron chi connectivity index (χ2n) is 7.31. The molecular weight excluding hydrogens is 330 g/mol. The van der Waals surface area contributed by atoms with Crippen LogP contribution in [0, 0.1) is 11.8 Å². The lowest BCUT2D eigenvalue weighted by Gasteiger charge is -2.36. The van der Waals surface area contributed by atoms with Crippen molar-refractivity contribution in [2.24, 2.45) is 11.8 Å². The van der Waals surface area contributed by atoms with Crippen LogP contribution in [0.5, 0.6) is 11.5 Å². The number of anilines is 1. The fourth-order valence-corrected chi connectivity index (χ4v) is 4.40. The van der Waals surface area contributed by atoms with Gasteiger partial charge in [0.15, 0.2) is 11.6 Å². The summed E-state index contributed by atoms with van der Waals surface area (Å²) in [5.74, 6) is -0.887. The van der Waals surface area contributed by atoms with Crippen molar-refractivity contribution in [1.29, 1.82) is 0 Å². The van der Waals surface area contributed by atoms with Crippen LogP contribution in [0.4, 0.5) is 5.69 Å². The van der Waals surface area contributed by atoms with Gasteiger partial charge in [0.25, 0.3) is 0 Å². The summed E-state index contributed by atoms with van der Waals surface area (Å²) in [4.78, 5) is 26.5. The lowest BCUT2D eigenvalue weighted by molar-refractivity contribution is 0.0719. The smallest absolute Gasteiger partial charge is 0.171 e. The fourth-order valence-electron chi connectivity index (χ4n) is 4.40. The van der Waals surface area contributed by atoms with Gasteiger partial charge in [-0.2, -0.15) is 0 Å². The molecule has 0 saturated carbocycles. The van der Waals surface area contributed by atoms with Crippen LogP contribution in [0.3, 0.4) is 0 Å². The average Bonchev–Trinajstić information content (AvgIpc) is 2.63. The van der Waals surface area contributed by atoms with E-state index in [1.165, 1.54) is 7.11 Å². The van der Waals surface area contributed by atoms with Crippen molar-refractivity contribution in [3.63, 3.8) is 0 Å². The molecule has 0 radical (unpaired) electrons. The zero-order chi connectivity index (χ0) is 18.7. The Bertz CT molecular complexity index is 1020. The lowest BCUT2D eigenvalue weighted by atomic mass is 9.65. The number of nitrogen functional groups attached to an aromatic ring is 1. The summed E-state index contributed by atoms with van der Waals surface area (Å²) in [6.07, 6.45) is 1.11. The maximum absolute atomic E-state index is 13.3. The molecule has 0 bridgehead atoms. The topological polar surface area (TPSA) is 89.6 Å². The Balaban J connectivity index is 2.05. The van der Waals surface area contributed by atoms with Gasteiger partial charge in [-0.25, -0.2) is 0 Å². The molecule has 0 fully saturated rings. The number of hydrogen-bond donors (Lipinski definition) is 2. The van der Waals surface area contributed by atoms with E-state index in [0.717, 1.165) is 11.1 Å². The zero-order valence-corrected chi connectivity index (χ0v) is 15.1. The Labute approximate surface area is 151 Å². The van der Waals surface area contributed by atoms with Crippen LogP contribution in [0.25, 0.3) is 10.8 Å². The summed E-state index contributed by atoms with van der Waals surface area (Å²) >= 11 is 0. The van der Waals surface area contributed by atoms with Crippen molar-refractivity contribution in [3.05, 3.63) is 40.5 Å². The van der Waals surface area contributed by atoms with Crippen LogP contribution in [0.2, 0.25) is 0 Å². The molecule has 0 aliphatic heterocycles. The number of methoxy groups -OCH3 is 1. The summed E-state index contributed by atoms with van der Waals surface area (Å²) in [7, 11) is 1.51. The number of hydrogen-bond acceptors (Lipinski definition) is 5. The van der Waals surface area contributed by atoms with Gasteiger partial charge in [0.1, 0.15) is 11.5 Å². The Morgan fingerprint density at radius 3 is 2.19 bits per heavy atom. The summed E-state index contributed by atoms with van der Waals surface area (Å²) in [5.41, 5.74) is 9.08. The minimum absolute atomic E-state index is 0.0712. The first-order valence-corrected chi connectivity index (χ1v) is 8.71. The normalized spacial score (nSPS) is 22.4. The zero-order valence-electron chi connectivity index (χ0n) is 15.1. The van der Waals surface area contributed by atoms with Crippen LogP contribution in [-0.4, -0.2) is 23.8 Å². The van der Waals surface area contributed by atoms with Gasteiger partial charge in [-0.05, 0) is 32.8 Å². The van der Waals surface area contributed by atoms with Crippen LogP contribution < -0.4 is 10.5 Å². The van der Waals surface area contributed by atoms with E-state index in [-0.39, 0.29) is 34.1 Å². The molecule has 26 heavy (non-hydrogen) atoms. The molecule has 0 unspecified atom stereocenters. The fraction of sp³-hybridized carbons (Fsp3) is 0.333. The molecule has 0 aromatic heterocycles. The van der Waals surface area contributed by atoms with Gasteiger partial charge in [-0.3, -0.25) is 9.59 Å². The Hall–Kier alpha value is -2.82. The highest BCUT2D eigenvalue weighted by molar-refractivity contribution is 6.25. The Kier molecular flexibility index (Phi) is 3.58. The highest BCUT2D eigenvalue weighted by atomic mass is 16.5. The summed E-state index contributed by atoms with van der Waals surface area (Å²) in [6.45, 7) is 4.00. The first-order chi connectivity index (χ1) is 12.4. The van der Waals surface area contributed by atoms with E-state index in [1.54, 1.807) is 18.2 Å². The first-order valence-electron chi connectivity index (χ1n) is 8.71. The molecule has 2 aliphatic carbocycles. The summed E-state index contributed by atoms with van der Waals surface area (Å²) < 4.78 is 5.36. The number of benzene rings is 2. The molecule has 4 rings (SSSR count). The number of rotatable bonds is 1. The van der Waals surface area contributed by atoms with Gasteiger partial charge in [0, 0.05) is 17.2 Å². The largest absolute Gasteiger partial charge is 0.507 e. The maximum Gasteiger partial charge on any atom is 0.171 e. The number of fused-ring (bicyclic) bond motifs is 3. The van der Waals surface area contributed by atoms with Crippen LogP contribution in [0.1, 0.15) is 47.4 Å². The van der Waals surface area contributed by atoms with Crippen molar-refractivity contribution in [1.82, 2.24) is 0 Å². The number of aromatic hydroxyl groups is 1. The molecule has 5 nitrogen and oxygen atoms in total. The third-order valence-electron chi connectivity index (χ3n) is 5.96. The SMILES string of the molecule is COc1cccc2c(O)c3c(c(N)c12)C(=O)[C@H]1CC(C)=C(C)C[C@H]1C3=O. The number of ether oxygens (including phenoxy) is 1. The standard InChI is InChI=1S/C21H21NO4/c1-9-7-12-13(8-10(9)2)21(25)17-16(20(12)24)18(22)15-11(19(17)23)5-4-6-14(15)26-3/h4-6,12-13,23H,7-8,22H2,1-3H3/t12-,13+/m0/s1. The third kappa shape index (κ3) is 2.03. The predicted octanol–water partition coefficient (Wildman–Crippen LogP) is 3.88. The van der Waals surface area contributed by atoms with Crippen molar-refractivity contribution < 1.29 is 19.4 Å². The Morgan fingerprint density at radius 1 is 1.04 bits per heavy atom. The molecule has 3 N–H and O–H groups in total. The maximum atomic E-state index is 13.3. The van der Waals surface area contributed by atoms with Gasteiger partial charge in [0.2, 0.25) is 0 Å². The third-order valence-corrected chi connectivity index (χ3v) is 5.96. The molecule has 2 aliphatic rings. The molecule has 0 heterocycles. The number of Topliss-reactive ketones (excluding diaryl/α,β-unsaturated/α-hetero) is 2. The van der Waals surface area contributed by atoms with E-state index in [0.29, 0.717) is 29.4 Å². The van der Waals surface area contributed by atoms with Gasteiger partial charge < -0.3 is 15.6 Å². The number of carbonyl (C=O) groups is 2. The highest BCUT2D eigenvalue weighted by Gasteiger charge is 2.46.